The fourth-order valence-corrected chi connectivity index (χ4v) is 7.14. The van der Waals surface area contributed by atoms with Crippen molar-refractivity contribution in [2.24, 2.45) is 0 Å². The Morgan fingerprint density at radius 3 is 2.44 bits per heavy atom. The van der Waals surface area contributed by atoms with Gasteiger partial charge >= 0.3 is 0 Å². The summed E-state index contributed by atoms with van der Waals surface area (Å²) < 4.78 is 34.7. The van der Waals surface area contributed by atoms with Crippen LogP contribution >= 0.6 is 11.6 Å². The van der Waals surface area contributed by atoms with E-state index in [0.29, 0.717) is 34.2 Å². The van der Waals surface area contributed by atoms with Crippen LogP contribution in [0.1, 0.15) is 38.5 Å². The number of sulfonamides is 1. The zero-order valence-electron chi connectivity index (χ0n) is 22.2. The molecule has 1 fully saturated rings. The van der Waals surface area contributed by atoms with Crippen molar-refractivity contribution in [3.63, 3.8) is 0 Å². The van der Waals surface area contributed by atoms with Gasteiger partial charge in [-0.3, -0.25) is 9.59 Å². The second-order valence-electron chi connectivity index (χ2n) is 10.2. The molecule has 0 radical (unpaired) electrons. The highest BCUT2D eigenvalue weighted by atomic mass is 35.5. The molecule has 41 heavy (non-hydrogen) atoms. The number of rotatable bonds is 8. The number of allylic oxidation sites excluding steroid dienone is 1. The molecule has 10 heteroatoms. The number of halogens is 1. The van der Waals surface area contributed by atoms with Crippen molar-refractivity contribution >= 4 is 50.2 Å². The van der Waals surface area contributed by atoms with E-state index in [-0.39, 0.29) is 17.9 Å². The van der Waals surface area contributed by atoms with Gasteiger partial charge < -0.3 is 4.42 Å². The number of imide groups is 1. The van der Waals surface area contributed by atoms with Crippen LogP contribution in [0.25, 0.3) is 22.6 Å². The van der Waals surface area contributed by atoms with Crippen LogP contribution in [-0.2, 0) is 19.6 Å². The Hall–Kier alpha value is -3.79. The molecule has 8 nitrogen and oxygen atoms in total. The van der Waals surface area contributed by atoms with Gasteiger partial charge in [0.25, 0.3) is 5.91 Å². The molecular formula is C31H28ClN3O5S. The molecule has 0 saturated carbocycles. The molecule has 1 saturated heterocycles. The predicted molar refractivity (Wildman–Crippen MR) is 157 cm³/mol. The van der Waals surface area contributed by atoms with Gasteiger partial charge in [0.1, 0.15) is 11.6 Å². The lowest BCUT2D eigenvalue weighted by atomic mass is 9.97. The molecule has 2 amide bonds. The number of carbonyl (C=O) groups excluding carboxylic acids is 2. The van der Waals surface area contributed by atoms with E-state index >= 15 is 0 Å². The molecule has 6 rings (SSSR count). The number of hydrogen-bond donors (Lipinski definition) is 0. The smallest absolute Gasteiger partial charge is 0.252 e. The van der Waals surface area contributed by atoms with E-state index in [1.165, 1.54) is 34.1 Å². The Kier molecular flexibility index (Phi) is 7.50. The van der Waals surface area contributed by atoms with E-state index in [2.05, 4.69) is 11.1 Å². The van der Waals surface area contributed by atoms with Crippen LogP contribution in [0.3, 0.4) is 0 Å². The van der Waals surface area contributed by atoms with Gasteiger partial charge in [0.15, 0.2) is 5.58 Å². The standard InChI is InChI=1S/C31H28ClN3O5S/c32-23-12-16-25(17-13-23)41(38,39)34(19-18-21-6-2-1-3-7-21)27-20-29(36)35(31(27)37)24-14-10-22(11-15-24)30-33-26-8-4-5-9-28(26)40-30/h4-6,8-17,27H,1-3,7,18-20H2. The first-order valence-corrected chi connectivity index (χ1v) is 15.4. The first kappa shape index (κ1) is 27.4. The minimum atomic E-state index is -4.09. The van der Waals surface area contributed by atoms with E-state index in [9.17, 15) is 18.0 Å². The second kappa shape index (κ2) is 11.2. The van der Waals surface area contributed by atoms with E-state index < -0.39 is 27.9 Å². The highest BCUT2D eigenvalue weighted by Crippen LogP contribution is 2.33. The number of fused-ring (bicyclic) bond motifs is 1. The normalized spacial score (nSPS) is 18.0. The number of amides is 2. The summed E-state index contributed by atoms with van der Waals surface area (Å²) in [7, 11) is -4.09. The summed E-state index contributed by atoms with van der Waals surface area (Å²) in [6.45, 7) is 0.102. The number of aromatic nitrogens is 1. The SMILES string of the molecule is O=C1CC(N(CCC2=CCCCC2)S(=O)(=O)c2ccc(Cl)cc2)C(=O)N1c1ccc(-c2nc3ccccc3o2)cc1. The van der Waals surface area contributed by atoms with Crippen LogP contribution in [0.4, 0.5) is 5.69 Å². The van der Waals surface area contributed by atoms with Crippen LogP contribution in [0.2, 0.25) is 5.02 Å². The molecular weight excluding hydrogens is 562 g/mol. The number of oxazole rings is 1. The van der Waals surface area contributed by atoms with Gasteiger partial charge in [-0.25, -0.2) is 18.3 Å². The van der Waals surface area contributed by atoms with Gasteiger partial charge in [-0.2, -0.15) is 4.31 Å². The molecule has 2 heterocycles. The molecule has 3 aromatic carbocycles. The monoisotopic (exact) mass is 589 g/mol. The quantitative estimate of drug-likeness (QED) is 0.175. The van der Waals surface area contributed by atoms with Crippen molar-refractivity contribution in [3.05, 3.63) is 89.5 Å². The van der Waals surface area contributed by atoms with Crippen molar-refractivity contribution in [1.82, 2.24) is 9.29 Å². The van der Waals surface area contributed by atoms with Crippen molar-refractivity contribution in [1.29, 1.82) is 0 Å². The lowest BCUT2D eigenvalue weighted by molar-refractivity contribution is -0.122. The molecule has 1 aliphatic heterocycles. The van der Waals surface area contributed by atoms with Crippen molar-refractivity contribution < 1.29 is 22.4 Å². The van der Waals surface area contributed by atoms with Gasteiger partial charge in [-0.1, -0.05) is 35.4 Å². The summed E-state index contributed by atoms with van der Waals surface area (Å²) >= 11 is 6.00. The Balaban J connectivity index is 1.28. The van der Waals surface area contributed by atoms with Gasteiger partial charge in [0.2, 0.25) is 21.8 Å². The topological polar surface area (TPSA) is 101 Å². The highest BCUT2D eigenvalue weighted by molar-refractivity contribution is 7.89. The molecule has 0 N–H and O–H groups in total. The molecule has 1 aliphatic carbocycles. The zero-order valence-corrected chi connectivity index (χ0v) is 23.8. The maximum Gasteiger partial charge on any atom is 0.252 e. The van der Waals surface area contributed by atoms with Crippen LogP contribution in [0.15, 0.2) is 93.8 Å². The Bertz CT molecular complexity index is 1710. The molecule has 1 unspecified atom stereocenters. The van der Waals surface area contributed by atoms with E-state index in [1.54, 1.807) is 24.3 Å². The maximum atomic E-state index is 13.8. The maximum absolute atomic E-state index is 13.8. The fourth-order valence-electron chi connectivity index (χ4n) is 5.43. The molecule has 1 atom stereocenters. The third kappa shape index (κ3) is 5.45. The molecule has 1 aromatic heterocycles. The molecule has 0 spiro atoms. The summed E-state index contributed by atoms with van der Waals surface area (Å²) in [4.78, 5) is 32.6. The Labute approximate surface area is 243 Å². The molecule has 2 aliphatic rings. The van der Waals surface area contributed by atoms with E-state index in [4.69, 9.17) is 16.0 Å². The number of carbonyl (C=O) groups is 2. The van der Waals surface area contributed by atoms with Gasteiger partial charge in [0, 0.05) is 17.1 Å². The Morgan fingerprint density at radius 2 is 1.73 bits per heavy atom. The van der Waals surface area contributed by atoms with Gasteiger partial charge in [-0.05, 0) is 92.8 Å². The first-order chi connectivity index (χ1) is 19.8. The van der Waals surface area contributed by atoms with Crippen molar-refractivity contribution in [2.75, 3.05) is 11.4 Å². The first-order valence-electron chi connectivity index (χ1n) is 13.6. The highest BCUT2D eigenvalue weighted by Gasteiger charge is 2.46. The Morgan fingerprint density at radius 1 is 0.976 bits per heavy atom. The summed E-state index contributed by atoms with van der Waals surface area (Å²) in [6, 6.07) is 18.9. The zero-order chi connectivity index (χ0) is 28.6. The largest absolute Gasteiger partial charge is 0.436 e. The van der Waals surface area contributed by atoms with Crippen molar-refractivity contribution in [3.8, 4) is 11.5 Å². The second-order valence-corrected chi connectivity index (χ2v) is 12.6. The third-order valence-corrected chi connectivity index (χ3v) is 9.77. The summed E-state index contributed by atoms with van der Waals surface area (Å²) in [5.41, 5.74) is 3.61. The molecule has 0 bridgehead atoms. The predicted octanol–water partition coefficient (Wildman–Crippen LogP) is 6.36. The number of benzene rings is 3. The van der Waals surface area contributed by atoms with E-state index in [1.807, 2.05) is 24.3 Å². The lowest BCUT2D eigenvalue weighted by Gasteiger charge is -2.28. The van der Waals surface area contributed by atoms with Crippen LogP contribution < -0.4 is 4.90 Å². The third-order valence-electron chi connectivity index (χ3n) is 7.60. The number of nitrogens with zero attached hydrogens (tertiary/aromatic N) is 3. The number of para-hydroxylation sites is 2. The minimum Gasteiger partial charge on any atom is -0.436 e. The number of anilines is 1. The average Bonchev–Trinajstić information content (AvgIpc) is 3.54. The van der Waals surface area contributed by atoms with Gasteiger partial charge in [0.05, 0.1) is 17.0 Å². The minimum absolute atomic E-state index is 0.0286. The van der Waals surface area contributed by atoms with E-state index in [0.717, 1.165) is 36.1 Å². The fraction of sp³-hybridized carbons (Fsp3) is 0.258. The summed E-state index contributed by atoms with van der Waals surface area (Å²) in [5.74, 6) is -0.602. The van der Waals surface area contributed by atoms with Crippen LogP contribution in [0, 0.1) is 0 Å². The molecule has 4 aromatic rings. The van der Waals surface area contributed by atoms with Gasteiger partial charge in [-0.15, -0.1) is 0 Å². The summed E-state index contributed by atoms with van der Waals surface area (Å²) in [6.07, 6.45) is 6.47. The number of hydrogen-bond acceptors (Lipinski definition) is 6. The lowest BCUT2D eigenvalue weighted by Crippen LogP contribution is -2.46. The summed E-state index contributed by atoms with van der Waals surface area (Å²) in [5, 5.41) is 0.405. The van der Waals surface area contributed by atoms with Crippen molar-refractivity contribution in [2.45, 2.75) is 49.5 Å². The van der Waals surface area contributed by atoms with Crippen LogP contribution in [0.5, 0.6) is 0 Å². The average molecular weight is 590 g/mol. The van der Waals surface area contributed by atoms with Crippen LogP contribution in [-0.4, -0.2) is 42.1 Å². The molecule has 210 valence electrons.